The van der Waals surface area contributed by atoms with Crippen LogP contribution in [0.3, 0.4) is 0 Å². The Labute approximate surface area is 109 Å². The van der Waals surface area contributed by atoms with E-state index in [9.17, 15) is 20.0 Å². The fourth-order valence-corrected chi connectivity index (χ4v) is 1.95. The smallest absolute Gasteiger partial charge is 0.282 e. The van der Waals surface area contributed by atoms with Gasteiger partial charge in [-0.25, -0.2) is 0 Å². The Hall–Kier alpha value is -2.15. The summed E-state index contributed by atoms with van der Waals surface area (Å²) in [6.45, 7) is -0.0643. The molecule has 0 aliphatic heterocycles. The van der Waals surface area contributed by atoms with Crippen LogP contribution in [-0.4, -0.2) is 45.1 Å². The Kier molecular flexibility index (Phi) is 3.66. The van der Waals surface area contributed by atoms with Crippen molar-refractivity contribution in [1.82, 2.24) is 4.90 Å². The van der Waals surface area contributed by atoms with Crippen molar-refractivity contribution in [3.8, 4) is 5.75 Å². The van der Waals surface area contributed by atoms with E-state index in [2.05, 4.69) is 0 Å². The molecule has 1 aromatic rings. The van der Waals surface area contributed by atoms with Crippen molar-refractivity contribution in [1.29, 1.82) is 0 Å². The summed E-state index contributed by atoms with van der Waals surface area (Å²) in [4.78, 5) is 24.0. The summed E-state index contributed by atoms with van der Waals surface area (Å²) in [6, 6.07) is 3.39. The molecule has 2 rings (SSSR count). The second kappa shape index (κ2) is 5.23. The van der Waals surface area contributed by atoms with Crippen molar-refractivity contribution < 1.29 is 19.9 Å². The van der Waals surface area contributed by atoms with E-state index in [-0.39, 0.29) is 36.2 Å². The maximum absolute atomic E-state index is 12.3. The van der Waals surface area contributed by atoms with Gasteiger partial charge in [0.05, 0.1) is 11.5 Å². The Balaban J connectivity index is 2.35. The van der Waals surface area contributed by atoms with Gasteiger partial charge in [0.15, 0.2) is 0 Å². The molecule has 0 spiro atoms. The van der Waals surface area contributed by atoms with Crippen LogP contribution in [0.1, 0.15) is 23.2 Å². The van der Waals surface area contributed by atoms with Crippen LogP contribution in [0.2, 0.25) is 0 Å². The van der Waals surface area contributed by atoms with Crippen LogP contribution in [-0.2, 0) is 0 Å². The average Bonchev–Trinajstić information content (AvgIpc) is 3.19. The third-order valence-electron chi connectivity index (χ3n) is 3.00. The van der Waals surface area contributed by atoms with E-state index in [1.165, 1.54) is 11.0 Å². The Morgan fingerprint density at radius 2 is 2.16 bits per heavy atom. The van der Waals surface area contributed by atoms with Crippen molar-refractivity contribution in [2.75, 3.05) is 13.2 Å². The number of hydrogen-bond acceptors (Lipinski definition) is 5. The van der Waals surface area contributed by atoms with Crippen molar-refractivity contribution >= 4 is 11.6 Å². The summed E-state index contributed by atoms with van der Waals surface area (Å²) < 4.78 is 0. The largest absolute Gasteiger partial charge is 0.508 e. The Morgan fingerprint density at radius 3 is 2.68 bits per heavy atom. The third kappa shape index (κ3) is 2.82. The Morgan fingerprint density at radius 1 is 1.47 bits per heavy atom. The zero-order chi connectivity index (χ0) is 14.0. The lowest BCUT2D eigenvalue weighted by Crippen LogP contribution is -2.35. The zero-order valence-corrected chi connectivity index (χ0v) is 10.2. The van der Waals surface area contributed by atoms with Crippen molar-refractivity contribution in [3.05, 3.63) is 33.9 Å². The number of amides is 1. The molecule has 0 radical (unpaired) electrons. The summed E-state index contributed by atoms with van der Waals surface area (Å²) in [5.74, 6) is -0.729. The molecule has 1 aromatic carbocycles. The highest BCUT2D eigenvalue weighted by atomic mass is 16.6. The van der Waals surface area contributed by atoms with Crippen LogP contribution in [0.5, 0.6) is 5.75 Å². The fourth-order valence-electron chi connectivity index (χ4n) is 1.95. The van der Waals surface area contributed by atoms with Gasteiger partial charge in [-0.05, 0) is 25.0 Å². The number of nitrogens with zero attached hydrogens (tertiary/aromatic N) is 2. The van der Waals surface area contributed by atoms with Crippen molar-refractivity contribution in [2.24, 2.45) is 0 Å². The molecule has 102 valence electrons. The molecular weight excluding hydrogens is 252 g/mol. The number of aliphatic hydroxyl groups excluding tert-OH is 1. The maximum Gasteiger partial charge on any atom is 0.282 e. The molecule has 7 nitrogen and oxygen atoms in total. The molecular formula is C12H14N2O5. The van der Waals surface area contributed by atoms with E-state index >= 15 is 0 Å². The molecule has 1 amide bonds. The summed E-state index contributed by atoms with van der Waals surface area (Å²) in [7, 11) is 0. The quantitative estimate of drug-likeness (QED) is 0.608. The predicted octanol–water partition coefficient (Wildman–Crippen LogP) is 0.897. The Bertz CT molecular complexity index is 513. The van der Waals surface area contributed by atoms with E-state index in [4.69, 9.17) is 5.11 Å². The lowest BCUT2D eigenvalue weighted by Gasteiger charge is -2.21. The molecule has 0 unspecified atom stereocenters. The van der Waals surface area contributed by atoms with Crippen LogP contribution in [0, 0.1) is 10.1 Å². The number of carbonyl (C=O) groups excluding carboxylic acids is 1. The van der Waals surface area contributed by atoms with E-state index in [0.717, 1.165) is 25.0 Å². The average molecular weight is 266 g/mol. The monoisotopic (exact) mass is 266 g/mol. The molecule has 2 N–H and O–H groups in total. The summed E-state index contributed by atoms with van der Waals surface area (Å²) in [5.41, 5.74) is -0.489. The molecule has 1 fully saturated rings. The van der Waals surface area contributed by atoms with Crippen molar-refractivity contribution in [3.63, 3.8) is 0 Å². The second-order valence-corrected chi connectivity index (χ2v) is 4.41. The molecule has 0 aromatic heterocycles. The van der Waals surface area contributed by atoms with Gasteiger partial charge in [0.2, 0.25) is 0 Å². The number of hydrogen-bond donors (Lipinski definition) is 2. The molecule has 0 heterocycles. The zero-order valence-electron chi connectivity index (χ0n) is 10.2. The summed E-state index contributed by atoms with van der Waals surface area (Å²) in [6.07, 6.45) is 1.66. The van der Waals surface area contributed by atoms with E-state index in [0.29, 0.717) is 0 Å². The van der Waals surface area contributed by atoms with Gasteiger partial charge in [0.25, 0.3) is 11.6 Å². The molecule has 7 heteroatoms. The number of nitro groups is 1. The number of rotatable bonds is 5. The van der Waals surface area contributed by atoms with E-state index in [1.807, 2.05) is 0 Å². The number of aromatic hydroxyl groups is 1. The number of benzene rings is 1. The minimum atomic E-state index is -0.656. The first-order valence-corrected chi connectivity index (χ1v) is 5.94. The molecule has 1 aliphatic rings. The van der Waals surface area contributed by atoms with Gasteiger partial charge in [-0.2, -0.15) is 0 Å². The minimum Gasteiger partial charge on any atom is -0.508 e. The highest BCUT2D eigenvalue weighted by molar-refractivity contribution is 5.98. The van der Waals surface area contributed by atoms with Crippen LogP contribution in [0.4, 0.5) is 5.69 Å². The van der Waals surface area contributed by atoms with Crippen LogP contribution in [0.25, 0.3) is 0 Å². The first kappa shape index (κ1) is 13.3. The molecule has 0 atom stereocenters. The maximum atomic E-state index is 12.3. The van der Waals surface area contributed by atoms with Crippen LogP contribution >= 0.6 is 0 Å². The first-order valence-electron chi connectivity index (χ1n) is 5.94. The van der Waals surface area contributed by atoms with Gasteiger partial charge in [-0.1, -0.05) is 0 Å². The van der Waals surface area contributed by atoms with E-state index in [1.54, 1.807) is 0 Å². The van der Waals surface area contributed by atoms with Gasteiger partial charge in [-0.3, -0.25) is 14.9 Å². The molecule has 0 saturated heterocycles. The molecule has 1 aliphatic carbocycles. The summed E-state index contributed by atoms with van der Waals surface area (Å²) in [5, 5.41) is 29.3. The normalized spacial score (nSPS) is 14.2. The third-order valence-corrected chi connectivity index (χ3v) is 3.00. The van der Waals surface area contributed by atoms with Crippen LogP contribution in [0.15, 0.2) is 18.2 Å². The van der Waals surface area contributed by atoms with Gasteiger partial charge in [0, 0.05) is 18.7 Å². The molecule has 19 heavy (non-hydrogen) atoms. The van der Waals surface area contributed by atoms with Gasteiger partial charge in [-0.15, -0.1) is 0 Å². The second-order valence-electron chi connectivity index (χ2n) is 4.41. The van der Waals surface area contributed by atoms with Gasteiger partial charge in [0.1, 0.15) is 11.3 Å². The highest BCUT2D eigenvalue weighted by Gasteiger charge is 2.35. The van der Waals surface area contributed by atoms with Gasteiger partial charge < -0.3 is 15.1 Å². The number of nitro benzene ring substituents is 1. The number of aliphatic hydroxyl groups is 1. The van der Waals surface area contributed by atoms with E-state index < -0.39 is 10.8 Å². The lowest BCUT2D eigenvalue weighted by molar-refractivity contribution is -0.385. The topological polar surface area (TPSA) is 104 Å². The molecule has 1 saturated carbocycles. The number of phenols is 1. The first-order chi connectivity index (χ1) is 9.04. The van der Waals surface area contributed by atoms with Crippen molar-refractivity contribution in [2.45, 2.75) is 18.9 Å². The number of carbonyl (C=O) groups is 1. The lowest BCUT2D eigenvalue weighted by atomic mass is 10.1. The summed E-state index contributed by atoms with van der Waals surface area (Å²) >= 11 is 0. The van der Waals surface area contributed by atoms with Crippen LogP contribution < -0.4 is 0 Å². The predicted molar refractivity (Wildman–Crippen MR) is 65.9 cm³/mol. The number of phenolic OH excluding ortho intramolecular Hbond substituents is 1. The minimum absolute atomic E-state index is 0.0293. The SMILES string of the molecule is O=C(c1cc(O)ccc1[N+](=O)[O-])N(CCO)C1CC1. The molecule has 0 bridgehead atoms. The standard InChI is InChI=1S/C12H14N2O5/c15-6-5-13(8-1-2-8)12(17)10-7-9(16)3-4-11(10)14(18)19/h3-4,7-8,15-16H,1-2,5-6H2. The fraction of sp³-hybridized carbons (Fsp3) is 0.417. The highest BCUT2D eigenvalue weighted by Crippen LogP contribution is 2.31. The van der Waals surface area contributed by atoms with Gasteiger partial charge >= 0.3 is 0 Å².